The van der Waals surface area contributed by atoms with Crippen molar-refractivity contribution in [2.45, 2.75) is 32.4 Å². The standard InChI is InChI=1S/C22H22ClNO3/c1-15-19-6-2-3-7-20(19)27-21(15)22(25)24(14-18-5-4-12-26-18)13-16-8-10-17(23)11-9-16/h2-3,6-11,18H,4-5,12-14H2,1H3/t18-/m1/s1. The van der Waals surface area contributed by atoms with Gasteiger partial charge in [-0.15, -0.1) is 0 Å². The van der Waals surface area contributed by atoms with Crippen LogP contribution < -0.4 is 0 Å². The van der Waals surface area contributed by atoms with Gasteiger partial charge in [0.15, 0.2) is 5.76 Å². The van der Waals surface area contributed by atoms with Crippen LogP contribution in [0.4, 0.5) is 0 Å². The van der Waals surface area contributed by atoms with E-state index < -0.39 is 0 Å². The molecule has 2 aromatic carbocycles. The second kappa shape index (κ2) is 7.75. The van der Waals surface area contributed by atoms with Gasteiger partial charge in [0.25, 0.3) is 5.91 Å². The molecule has 1 amide bonds. The molecule has 140 valence electrons. The highest BCUT2D eigenvalue weighted by atomic mass is 35.5. The van der Waals surface area contributed by atoms with Gasteiger partial charge < -0.3 is 14.1 Å². The van der Waals surface area contributed by atoms with Crippen LogP contribution in [0.3, 0.4) is 0 Å². The molecule has 0 saturated carbocycles. The van der Waals surface area contributed by atoms with E-state index in [1.54, 1.807) is 0 Å². The Balaban J connectivity index is 1.64. The molecule has 4 rings (SSSR count). The number of hydrogen-bond acceptors (Lipinski definition) is 3. The van der Waals surface area contributed by atoms with Crippen LogP contribution in [0.1, 0.15) is 34.5 Å². The summed E-state index contributed by atoms with van der Waals surface area (Å²) in [4.78, 5) is 15.2. The first kappa shape index (κ1) is 18.1. The maximum absolute atomic E-state index is 13.3. The summed E-state index contributed by atoms with van der Waals surface area (Å²) in [6, 6.07) is 15.3. The first-order valence-electron chi connectivity index (χ1n) is 9.25. The van der Waals surface area contributed by atoms with Gasteiger partial charge in [0.1, 0.15) is 5.58 Å². The summed E-state index contributed by atoms with van der Waals surface area (Å²) in [6.45, 7) is 3.74. The summed E-state index contributed by atoms with van der Waals surface area (Å²) in [5, 5.41) is 1.66. The highest BCUT2D eigenvalue weighted by Crippen LogP contribution is 2.27. The molecule has 27 heavy (non-hydrogen) atoms. The fraction of sp³-hybridized carbons (Fsp3) is 0.318. The Morgan fingerprint density at radius 1 is 1.19 bits per heavy atom. The van der Waals surface area contributed by atoms with Gasteiger partial charge in [-0.1, -0.05) is 41.9 Å². The number of carbonyl (C=O) groups is 1. The van der Waals surface area contributed by atoms with Crippen LogP contribution in [0.25, 0.3) is 11.0 Å². The summed E-state index contributed by atoms with van der Waals surface area (Å²) in [5.74, 6) is 0.303. The topological polar surface area (TPSA) is 42.7 Å². The van der Waals surface area contributed by atoms with Crippen molar-refractivity contribution in [1.29, 1.82) is 0 Å². The minimum Gasteiger partial charge on any atom is -0.451 e. The van der Waals surface area contributed by atoms with Gasteiger partial charge >= 0.3 is 0 Å². The normalized spacial score (nSPS) is 16.7. The van der Waals surface area contributed by atoms with Crippen LogP contribution in [-0.2, 0) is 11.3 Å². The van der Waals surface area contributed by atoms with Crippen molar-refractivity contribution in [3.63, 3.8) is 0 Å². The van der Waals surface area contributed by atoms with E-state index in [0.29, 0.717) is 23.9 Å². The van der Waals surface area contributed by atoms with Crippen LogP contribution >= 0.6 is 11.6 Å². The largest absolute Gasteiger partial charge is 0.451 e. The summed E-state index contributed by atoms with van der Waals surface area (Å²) in [5.41, 5.74) is 2.64. The molecule has 0 aliphatic carbocycles. The predicted molar refractivity (Wildman–Crippen MR) is 106 cm³/mol. The van der Waals surface area contributed by atoms with Crippen molar-refractivity contribution in [1.82, 2.24) is 4.90 Å². The van der Waals surface area contributed by atoms with Gasteiger partial charge in [0, 0.05) is 35.7 Å². The number of nitrogens with zero attached hydrogens (tertiary/aromatic N) is 1. The molecule has 1 saturated heterocycles. The molecule has 1 aliphatic heterocycles. The zero-order chi connectivity index (χ0) is 18.8. The number of rotatable bonds is 5. The molecule has 4 nitrogen and oxygen atoms in total. The minimum atomic E-state index is -0.103. The molecular formula is C22H22ClNO3. The highest BCUT2D eigenvalue weighted by molar-refractivity contribution is 6.30. The number of fused-ring (bicyclic) bond motifs is 1. The van der Waals surface area contributed by atoms with Crippen LogP contribution in [0.2, 0.25) is 5.02 Å². The Labute approximate surface area is 163 Å². The Bertz CT molecular complexity index is 942. The average molecular weight is 384 g/mol. The van der Waals surface area contributed by atoms with Crippen molar-refractivity contribution in [2.75, 3.05) is 13.2 Å². The SMILES string of the molecule is Cc1c(C(=O)N(Cc2ccc(Cl)cc2)C[C@H]2CCCO2)oc2ccccc12. The number of ether oxygens (including phenoxy) is 1. The number of furan rings is 1. The van der Waals surface area contributed by atoms with Crippen molar-refractivity contribution in [3.8, 4) is 0 Å². The Hall–Kier alpha value is -2.30. The van der Waals surface area contributed by atoms with E-state index in [-0.39, 0.29) is 12.0 Å². The third-order valence-electron chi connectivity index (χ3n) is 5.06. The monoisotopic (exact) mass is 383 g/mol. The fourth-order valence-corrected chi connectivity index (χ4v) is 3.71. The number of hydrogen-bond donors (Lipinski definition) is 0. The van der Waals surface area contributed by atoms with Gasteiger partial charge in [-0.2, -0.15) is 0 Å². The number of carbonyl (C=O) groups excluding carboxylic acids is 1. The molecule has 1 aromatic heterocycles. The Morgan fingerprint density at radius 3 is 2.67 bits per heavy atom. The second-order valence-electron chi connectivity index (χ2n) is 7.00. The predicted octanol–water partition coefficient (Wildman–Crippen LogP) is 5.22. The first-order chi connectivity index (χ1) is 13.1. The maximum Gasteiger partial charge on any atom is 0.290 e. The summed E-state index contributed by atoms with van der Waals surface area (Å²) in [7, 11) is 0. The van der Waals surface area contributed by atoms with Crippen molar-refractivity contribution in [2.24, 2.45) is 0 Å². The number of para-hydroxylation sites is 1. The molecule has 0 unspecified atom stereocenters. The lowest BCUT2D eigenvalue weighted by molar-refractivity contribution is 0.0485. The maximum atomic E-state index is 13.3. The summed E-state index contributed by atoms with van der Waals surface area (Å²) >= 11 is 5.99. The van der Waals surface area contributed by atoms with Crippen LogP contribution in [0.15, 0.2) is 52.9 Å². The highest BCUT2D eigenvalue weighted by Gasteiger charge is 2.27. The lowest BCUT2D eigenvalue weighted by Gasteiger charge is -2.25. The van der Waals surface area contributed by atoms with Gasteiger partial charge in [0.05, 0.1) is 6.10 Å². The van der Waals surface area contributed by atoms with E-state index in [1.807, 2.05) is 60.4 Å². The molecule has 1 fully saturated rings. The van der Waals surface area contributed by atoms with Crippen LogP contribution in [0.5, 0.6) is 0 Å². The second-order valence-corrected chi connectivity index (χ2v) is 7.44. The van der Waals surface area contributed by atoms with E-state index in [1.165, 1.54) is 0 Å². The summed E-state index contributed by atoms with van der Waals surface area (Å²) in [6.07, 6.45) is 2.09. The minimum absolute atomic E-state index is 0.0749. The van der Waals surface area contributed by atoms with Crippen LogP contribution in [-0.4, -0.2) is 30.1 Å². The zero-order valence-electron chi connectivity index (χ0n) is 15.3. The zero-order valence-corrected chi connectivity index (χ0v) is 16.0. The Morgan fingerprint density at radius 2 is 1.96 bits per heavy atom. The van der Waals surface area contributed by atoms with E-state index >= 15 is 0 Å². The molecule has 5 heteroatoms. The molecule has 2 heterocycles. The first-order valence-corrected chi connectivity index (χ1v) is 9.63. The molecule has 0 N–H and O–H groups in total. The lowest BCUT2D eigenvalue weighted by Crippen LogP contribution is -2.37. The lowest BCUT2D eigenvalue weighted by atomic mass is 10.1. The quantitative estimate of drug-likeness (QED) is 0.606. The molecular weight excluding hydrogens is 362 g/mol. The fourth-order valence-electron chi connectivity index (χ4n) is 3.59. The van der Waals surface area contributed by atoms with E-state index in [2.05, 4.69) is 0 Å². The van der Waals surface area contributed by atoms with Crippen molar-refractivity contribution < 1.29 is 13.9 Å². The van der Waals surface area contributed by atoms with E-state index in [4.69, 9.17) is 20.8 Å². The molecule has 1 atom stereocenters. The number of aryl methyl sites for hydroxylation is 1. The number of halogens is 1. The molecule has 1 aliphatic rings. The third-order valence-corrected chi connectivity index (χ3v) is 5.31. The van der Waals surface area contributed by atoms with Crippen LogP contribution in [0, 0.1) is 6.92 Å². The van der Waals surface area contributed by atoms with Crippen molar-refractivity contribution >= 4 is 28.5 Å². The molecule has 0 bridgehead atoms. The van der Waals surface area contributed by atoms with E-state index in [0.717, 1.165) is 41.5 Å². The van der Waals surface area contributed by atoms with Gasteiger partial charge in [-0.05, 0) is 43.5 Å². The summed E-state index contributed by atoms with van der Waals surface area (Å²) < 4.78 is 11.7. The Kier molecular flexibility index (Phi) is 5.19. The number of benzene rings is 2. The third kappa shape index (κ3) is 3.87. The number of amides is 1. The smallest absolute Gasteiger partial charge is 0.290 e. The molecule has 0 spiro atoms. The molecule has 3 aromatic rings. The van der Waals surface area contributed by atoms with Gasteiger partial charge in [-0.25, -0.2) is 0 Å². The van der Waals surface area contributed by atoms with Gasteiger partial charge in [-0.3, -0.25) is 4.79 Å². The average Bonchev–Trinajstić information content (AvgIpc) is 3.31. The van der Waals surface area contributed by atoms with E-state index in [9.17, 15) is 4.79 Å². The van der Waals surface area contributed by atoms with Gasteiger partial charge in [0.2, 0.25) is 0 Å². The van der Waals surface area contributed by atoms with Crippen molar-refractivity contribution in [3.05, 3.63) is 70.4 Å². The molecule has 0 radical (unpaired) electrons.